The lowest BCUT2D eigenvalue weighted by Crippen LogP contribution is -2.25. The predicted molar refractivity (Wildman–Crippen MR) is 85.9 cm³/mol. The van der Waals surface area contributed by atoms with Crippen molar-refractivity contribution in [3.63, 3.8) is 0 Å². The van der Waals surface area contributed by atoms with E-state index in [0.717, 1.165) is 12.8 Å². The molecule has 0 saturated heterocycles. The van der Waals surface area contributed by atoms with Crippen LogP contribution in [0.25, 0.3) is 0 Å². The van der Waals surface area contributed by atoms with Gasteiger partial charge in [-0.3, -0.25) is 4.79 Å². The lowest BCUT2D eigenvalue weighted by Gasteiger charge is -2.30. The largest absolute Gasteiger partial charge is 0.330 e. The normalized spacial score (nSPS) is 13.0. The van der Waals surface area contributed by atoms with E-state index < -0.39 is 5.82 Å². The quantitative estimate of drug-likeness (QED) is 0.826. The molecule has 1 aromatic rings. The number of amides is 1. The number of hydrogen-bond donors (Lipinski definition) is 2. The SMILES string of the molecule is CC(C)(C)C(CCN)CCC(=O)Nc1cccc(Cl)c1F. The minimum Gasteiger partial charge on any atom is -0.330 e. The molecule has 1 atom stereocenters. The molecule has 0 bridgehead atoms. The Morgan fingerprint density at radius 3 is 2.62 bits per heavy atom. The van der Waals surface area contributed by atoms with Crippen molar-refractivity contribution in [1.82, 2.24) is 0 Å². The number of hydrogen-bond acceptors (Lipinski definition) is 2. The van der Waals surface area contributed by atoms with Gasteiger partial charge in [-0.2, -0.15) is 0 Å². The van der Waals surface area contributed by atoms with Gasteiger partial charge in [0, 0.05) is 6.42 Å². The molecule has 1 rings (SSSR count). The van der Waals surface area contributed by atoms with Crippen LogP contribution in [0.1, 0.15) is 40.0 Å². The standard InChI is InChI=1S/C16H24ClFN2O/c1-16(2,3)11(9-10-19)7-8-14(21)20-13-6-4-5-12(17)15(13)18/h4-6,11H,7-10,19H2,1-3H3,(H,20,21). The van der Waals surface area contributed by atoms with E-state index in [1.807, 2.05) is 0 Å². The van der Waals surface area contributed by atoms with E-state index >= 15 is 0 Å². The smallest absolute Gasteiger partial charge is 0.224 e. The van der Waals surface area contributed by atoms with Crippen LogP contribution in [0.15, 0.2) is 18.2 Å². The highest BCUT2D eigenvalue weighted by molar-refractivity contribution is 6.31. The van der Waals surface area contributed by atoms with E-state index in [0.29, 0.717) is 18.9 Å². The second-order valence-electron chi connectivity index (χ2n) is 6.33. The highest BCUT2D eigenvalue weighted by atomic mass is 35.5. The summed E-state index contributed by atoms with van der Waals surface area (Å²) in [4.78, 5) is 12.0. The third-order valence-electron chi connectivity index (χ3n) is 3.69. The van der Waals surface area contributed by atoms with Crippen LogP contribution in [0, 0.1) is 17.2 Å². The molecule has 0 aromatic heterocycles. The molecule has 0 fully saturated rings. The molecule has 0 aliphatic rings. The molecule has 0 aliphatic heterocycles. The molecule has 1 amide bonds. The zero-order chi connectivity index (χ0) is 16.0. The van der Waals surface area contributed by atoms with Crippen LogP contribution in [0.2, 0.25) is 5.02 Å². The van der Waals surface area contributed by atoms with E-state index in [-0.39, 0.29) is 22.0 Å². The maximum Gasteiger partial charge on any atom is 0.224 e. The average molecular weight is 315 g/mol. The number of halogens is 2. The van der Waals surface area contributed by atoms with Crippen molar-refractivity contribution >= 4 is 23.2 Å². The number of nitrogens with one attached hydrogen (secondary N) is 1. The number of nitrogens with two attached hydrogens (primary N) is 1. The summed E-state index contributed by atoms with van der Waals surface area (Å²) in [6.45, 7) is 7.03. The van der Waals surface area contributed by atoms with Gasteiger partial charge in [0.15, 0.2) is 5.82 Å². The van der Waals surface area contributed by atoms with Gasteiger partial charge in [-0.1, -0.05) is 38.4 Å². The molecule has 1 aromatic carbocycles. The van der Waals surface area contributed by atoms with Gasteiger partial charge in [0.1, 0.15) is 0 Å². The van der Waals surface area contributed by atoms with Gasteiger partial charge < -0.3 is 11.1 Å². The highest BCUT2D eigenvalue weighted by Crippen LogP contribution is 2.32. The summed E-state index contributed by atoms with van der Waals surface area (Å²) in [5, 5.41) is 2.57. The van der Waals surface area contributed by atoms with Gasteiger partial charge >= 0.3 is 0 Å². The van der Waals surface area contributed by atoms with Crippen LogP contribution in [0.4, 0.5) is 10.1 Å². The Hall–Kier alpha value is -1.13. The Balaban J connectivity index is 2.59. The molecule has 1 unspecified atom stereocenters. The minimum absolute atomic E-state index is 0.00324. The van der Waals surface area contributed by atoms with Gasteiger partial charge in [-0.25, -0.2) is 4.39 Å². The van der Waals surface area contributed by atoms with Gasteiger partial charge in [0.05, 0.1) is 10.7 Å². The lowest BCUT2D eigenvalue weighted by atomic mass is 9.76. The van der Waals surface area contributed by atoms with Crippen LogP contribution < -0.4 is 11.1 Å². The highest BCUT2D eigenvalue weighted by Gasteiger charge is 2.24. The molecule has 118 valence electrons. The first kappa shape index (κ1) is 17.9. The minimum atomic E-state index is -0.596. The fourth-order valence-electron chi connectivity index (χ4n) is 2.33. The van der Waals surface area contributed by atoms with Crippen LogP contribution in [0.3, 0.4) is 0 Å². The summed E-state index contributed by atoms with van der Waals surface area (Å²) in [6.07, 6.45) is 1.95. The molecule has 3 nitrogen and oxygen atoms in total. The van der Waals surface area contributed by atoms with Crippen molar-refractivity contribution in [1.29, 1.82) is 0 Å². The number of rotatable bonds is 6. The summed E-state index contributed by atoms with van der Waals surface area (Å²) in [5.41, 5.74) is 5.85. The van der Waals surface area contributed by atoms with E-state index in [1.54, 1.807) is 6.07 Å². The Morgan fingerprint density at radius 1 is 1.38 bits per heavy atom. The van der Waals surface area contributed by atoms with Crippen molar-refractivity contribution in [2.75, 3.05) is 11.9 Å². The Kier molecular flexibility index (Phi) is 6.62. The fourth-order valence-corrected chi connectivity index (χ4v) is 2.50. The zero-order valence-electron chi connectivity index (χ0n) is 12.9. The lowest BCUT2D eigenvalue weighted by molar-refractivity contribution is -0.116. The summed E-state index contributed by atoms with van der Waals surface area (Å²) in [5.74, 6) is -0.443. The monoisotopic (exact) mass is 314 g/mol. The third-order valence-corrected chi connectivity index (χ3v) is 3.98. The maximum atomic E-state index is 13.7. The molecule has 0 aliphatic carbocycles. The molecule has 5 heteroatoms. The number of carbonyl (C=O) groups excluding carboxylic acids is 1. The third kappa shape index (κ3) is 5.64. The number of carbonyl (C=O) groups is 1. The second-order valence-corrected chi connectivity index (χ2v) is 6.74. The fraction of sp³-hybridized carbons (Fsp3) is 0.562. The van der Waals surface area contributed by atoms with E-state index in [9.17, 15) is 9.18 Å². The summed E-state index contributed by atoms with van der Waals surface area (Å²) >= 11 is 5.69. The summed E-state index contributed by atoms with van der Waals surface area (Å²) in [6, 6.07) is 4.55. The molecule has 0 radical (unpaired) electrons. The molecule has 0 spiro atoms. The van der Waals surface area contributed by atoms with Crippen molar-refractivity contribution in [3.8, 4) is 0 Å². The molecular weight excluding hydrogens is 291 g/mol. The van der Waals surface area contributed by atoms with Crippen LogP contribution in [-0.4, -0.2) is 12.5 Å². The van der Waals surface area contributed by atoms with Gasteiger partial charge in [-0.15, -0.1) is 0 Å². The topological polar surface area (TPSA) is 55.1 Å². The summed E-state index contributed by atoms with van der Waals surface area (Å²) < 4.78 is 13.7. The van der Waals surface area contributed by atoms with E-state index in [2.05, 4.69) is 26.1 Å². The van der Waals surface area contributed by atoms with Gasteiger partial charge in [0.2, 0.25) is 5.91 Å². The second kappa shape index (κ2) is 7.76. The Bertz CT molecular complexity index is 486. The average Bonchev–Trinajstić information content (AvgIpc) is 2.38. The maximum absolute atomic E-state index is 13.7. The van der Waals surface area contributed by atoms with Crippen molar-refractivity contribution in [3.05, 3.63) is 29.0 Å². The zero-order valence-corrected chi connectivity index (χ0v) is 13.6. The molecule has 0 heterocycles. The Morgan fingerprint density at radius 2 is 2.05 bits per heavy atom. The molecular formula is C16H24ClFN2O. The number of benzene rings is 1. The van der Waals surface area contributed by atoms with Crippen molar-refractivity contribution in [2.24, 2.45) is 17.1 Å². The molecule has 21 heavy (non-hydrogen) atoms. The van der Waals surface area contributed by atoms with E-state index in [4.69, 9.17) is 17.3 Å². The van der Waals surface area contributed by atoms with Gasteiger partial charge in [-0.05, 0) is 42.9 Å². The first-order valence-electron chi connectivity index (χ1n) is 7.19. The predicted octanol–water partition coefficient (Wildman–Crippen LogP) is 4.21. The first-order chi connectivity index (χ1) is 9.75. The first-order valence-corrected chi connectivity index (χ1v) is 7.57. The Labute approximate surface area is 131 Å². The van der Waals surface area contributed by atoms with Crippen LogP contribution in [-0.2, 0) is 4.79 Å². The molecule has 3 N–H and O–H groups in total. The van der Waals surface area contributed by atoms with Crippen LogP contribution in [0.5, 0.6) is 0 Å². The van der Waals surface area contributed by atoms with E-state index in [1.165, 1.54) is 12.1 Å². The summed E-state index contributed by atoms with van der Waals surface area (Å²) in [7, 11) is 0. The van der Waals surface area contributed by atoms with Gasteiger partial charge in [0.25, 0.3) is 0 Å². The molecule has 0 saturated carbocycles. The van der Waals surface area contributed by atoms with Crippen molar-refractivity contribution < 1.29 is 9.18 Å². The van der Waals surface area contributed by atoms with Crippen molar-refractivity contribution in [2.45, 2.75) is 40.0 Å². The number of anilines is 1. The van der Waals surface area contributed by atoms with Crippen LogP contribution >= 0.6 is 11.6 Å².